The first kappa shape index (κ1) is 22.2. The minimum atomic E-state index is -3.62. The molecule has 31 heavy (non-hydrogen) atoms. The Labute approximate surface area is 184 Å². The average Bonchev–Trinajstić information content (AvgIpc) is 3.11. The number of ether oxygens (including phenoxy) is 1. The van der Waals surface area contributed by atoms with E-state index in [0.717, 1.165) is 18.0 Å². The average molecular weight is 468 g/mol. The maximum atomic E-state index is 14.0. The Morgan fingerprint density at radius 3 is 2.61 bits per heavy atom. The number of hydrogen-bond acceptors (Lipinski definition) is 5. The number of sulfonamides is 1. The van der Waals surface area contributed by atoms with Crippen LogP contribution in [0, 0.1) is 11.6 Å². The Kier molecular flexibility index (Phi) is 6.61. The lowest BCUT2D eigenvalue weighted by atomic mass is 10.3. The molecule has 6 nitrogen and oxygen atoms in total. The summed E-state index contributed by atoms with van der Waals surface area (Å²) in [6.07, 6.45) is 0.863. The van der Waals surface area contributed by atoms with Crippen LogP contribution in [0.2, 0.25) is 0 Å². The lowest BCUT2D eigenvalue weighted by molar-refractivity contribution is 0.0730. The fourth-order valence-electron chi connectivity index (χ4n) is 3.57. The second kappa shape index (κ2) is 9.23. The molecule has 1 aliphatic rings. The first-order valence-corrected chi connectivity index (χ1v) is 12.5. The van der Waals surface area contributed by atoms with Gasteiger partial charge in [0.2, 0.25) is 10.0 Å². The number of nitrogens with zero attached hydrogens (tertiary/aromatic N) is 3. The minimum absolute atomic E-state index is 0.201. The quantitative estimate of drug-likeness (QED) is 0.491. The summed E-state index contributed by atoms with van der Waals surface area (Å²) in [5.41, 5.74) is 1.41. The SMILES string of the molecule is CCCn1c(CSc2ccc(F)cc2F)nc2cc(S(=O)(=O)N3CCOCC3)ccc21. The van der Waals surface area contributed by atoms with E-state index in [1.807, 2.05) is 11.5 Å². The summed E-state index contributed by atoms with van der Waals surface area (Å²) in [5, 5.41) is 0. The predicted octanol–water partition coefficient (Wildman–Crippen LogP) is 4.04. The molecule has 2 aromatic carbocycles. The monoisotopic (exact) mass is 467 g/mol. The fourth-order valence-corrected chi connectivity index (χ4v) is 5.87. The first-order chi connectivity index (χ1) is 14.9. The van der Waals surface area contributed by atoms with Gasteiger partial charge in [-0.3, -0.25) is 0 Å². The maximum absolute atomic E-state index is 14.0. The van der Waals surface area contributed by atoms with Crippen LogP contribution in [0.25, 0.3) is 11.0 Å². The van der Waals surface area contributed by atoms with E-state index in [-0.39, 0.29) is 4.90 Å². The highest BCUT2D eigenvalue weighted by atomic mass is 32.2. The number of aromatic nitrogens is 2. The summed E-state index contributed by atoms with van der Waals surface area (Å²) < 4.78 is 61.8. The third-order valence-corrected chi connectivity index (χ3v) is 8.04. The van der Waals surface area contributed by atoms with Crippen molar-refractivity contribution in [2.24, 2.45) is 0 Å². The van der Waals surface area contributed by atoms with Gasteiger partial charge in [-0.25, -0.2) is 22.2 Å². The van der Waals surface area contributed by atoms with Gasteiger partial charge in [0, 0.05) is 30.6 Å². The Morgan fingerprint density at radius 2 is 1.90 bits per heavy atom. The van der Waals surface area contributed by atoms with E-state index in [1.54, 1.807) is 18.2 Å². The smallest absolute Gasteiger partial charge is 0.243 e. The lowest BCUT2D eigenvalue weighted by Crippen LogP contribution is -2.40. The predicted molar refractivity (Wildman–Crippen MR) is 116 cm³/mol. The summed E-state index contributed by atoms with van der Waals surface area (Å²) >= 11 is 1.23. The first-order valence-electron chi connectivity index (χ1n) is 10.0. The zero-order valence-electron chi connectivity index (χ0n) is 17.1. The van der Waals surface area contributed by atoms with Crippen molar-refractivity contribution in [1.82, 2.24) is 13.9 Å². The van der Waals surface area contributed by atoms with Crippen LogP contribution in [0.4, 0.5) is 8.78 Å². The van der Waals surface area contributed by atoms with Gasteiger partial charge >= 0.3 is 0 Å². The Morgan fingerprint density at radius 1 is 1.13 bits per heavy atom. The largest absolute Gasteiger partial charge is 0.379 e. The van der Waals surface area contributed by atoms with Gasteiger partial charge < -0.3 is 9.30 Å². The number of rotatable bonds is 7. The van der Waals surface area contributed by atoms with E-state index in [2.05, 4.69) is 4.98 Å². The molecule has 0 spiro atoms. The summed E-state index contributed by atoms with van der Waals surface area (Å²) in [6.45, 7) is 4.17. The molecule has 0 saturated carbocycles. The van der Waals surface area contributed by atoms with Gasteiger partial charge in [0.1, 0.15) is 17.5 Å². The second-order valence-corrected chi connectivity index (χ2v) is 10.2. The summed E-state index contributed by atoms with van der Waals surface area (Å²) in [6, 6.07) is 8.48. The number of halogens is 2. The highest BCUT2D eigenvalue weighted by Crippen LogP contribution is 2.29. The molecule has 1 saturated heterocycles. The van der Waals surface area contributed by atoms with E-state index in [4.69, 9.17) is 4.74 Å². The van der Waals surface area contributed by atoms with Crippen molar-refractivity contribution < 1.29 is 21.9 Å². The van der Waals surface area contributed by atoms with Crippen molar-refractivity contribution in [1.29, 1.82) is 0 Å². The molecule has 0 unspecified atom stereocenters. The van der Waals surface area contributed by atoms with E-state index in [0.29, 0.717) is 54.8 Å². The van der Waals surface area contributed by atoms with Crippen LogP contribution in [0.1, 0.15) is 19.2 Å². The minimum Gasteiger partial charge on any atom is -0.379 e. The van der Waals surface area contributed by atoms with E-state index < -0.39 is 21.7 Å². The van der Waals surface area contributed by atoms with Crippen LogP contribution in [-0.2, 0) is 27.1 Å². The summed E-state index contributed by atoms with van der Waals surface area (Å²) in [7, 11) is -3.62. The molecule has 0 aliphatic carbocycles. The highest BCUT2D eigenvalue weighted by molar-refractivity contribution is 7.98. The standard InChI is InChI=1S/C21H23F2N3O3S2/c1-2-7-26-19-5-4-16(31(27,28)25-8-10-29-11-9-25)13-18(19)24-21(26)14-30-20-6-3-15(22)12-17(20)23/h3-6,12-13H,2,7-11,14H2,1H3. The Bertz CT molecular complexity index is 1190. The highest BCUT2D eigenvalue weighted by Gasteiger charge is 2.27. The number of aryl methyl sites for hydroxylation is 1. The molecule has 1 fully saturated rings. The molecular formula is C21H23F2N3O3S2. The number of benzene rings is 2. The molecule has 10 heteroatoms. The fraction of sp³-hybridized carbons (Fsp3) is 0.381. The van der Waals surface area contributed by atoms with E-state index in [9.17, 15) is 17.2 Å². The molecule has 1 aromatic heterocycles. The number of morpholine rings is 1. The van der Waals surface area contributed by atoms with Crippen molar-refractivity contribution in [3.8, 4) is 0 Å². The van der Waals surface area contributed by atoms with Crippen molar-refractivity contribution in [2.75, 3.05) is 26.3 Å². The molecule has 166 valence electrons. The number of imidazole rings is 1. The van der Waals surface area contributed by atoms with Crippen LogP contribution >= 0.6 is 11.8 Å². The van der Waals surface area contributed by atoms with Gasteiger partial charge in [-0.05, 0) is 36.8 Å². The molecule has 4 rings (SSSR count). The third-order valence-electron chi connectivity index (χ3n) is 5.10. The van der Waals surface area contributed by atoms with Crippen LogP contribution in [0.3, 0.4) is 0 Å². The van der Waals surface area contributed by atoms with E-state index in [1.165, 1.54) is 28.2 Å². The lowest BCUT2D eigenvalue weighted by Gasteiger charge is -2.26. The van der Waals surface area contributed by atoms with Gasteiger partial charge in [0.15, 0.2) is 0 Å². The molecule has 0 N–H and O–H groups in total. The van der Waals surface area contributed by atoms with Crippen molar-refractivity contribution in [3.05, 3.63) is 53.9 Å². The van der Waals surface area contributed by atoms with Crippen molar-refractivity contribution >= 4 is 32.8 Å². The van der Waals surface area contributed by atoms with E-state index >= 15 is 0 Å². The van der Waals surface area contributed by atoms with Crippen LogP contribution in [0.5, 0.6) is 0 Å². The van der Waals surface area contributed by atoms with Gasteiger partial charge in [0.25, 0.3) is 0 Å². The molecule has 0 amide bonds. The maximum Gasteiger partial charge on any atom is 0.243 e. The zero-order chi connectivity index (χ0) is 22.0. The number of fused-ring (bicyclic) bond motifs is 1. The van der Waals surface area contributed by atoms with Crippen LogP contribution in [-0.4, -0.2) is 48.6 Å². The van der Waals surface area contributed by atoms with Crippen molar-refractivity contribution in [3.63, 3.8) is 0 Å². The Hall–Kier alpha value is -2.01. The summed E-state index contributed by atoms with van der Waals surface area (Å²) in [5.74, 6) is -0.134. The molecule has 0 bridgehead atoms. The Balaban J connectivity index is 1.65. The molecule has 0 radical (unpaired) electrons. The van der Waals surface area contributed by atoms with Crippen LogP contribution < -0.4 is 0 Å². The van der Waals surface area contributed by atoms with Gasteiger partial charge in [-0.15, -0.1) is 11.8 Å². The number of hydrogen-bond donors (Lipinski definition) is 0. The van der Waals surface area contributed by atoms with Crippen molar-refractivity contribution in [2.45, 2.75) is 35.4 Å². The molecule has 1 aliphatic heterocycles. The number of thioether (sulfide) groups is 1. The van der Waals surface area contributed by atoms with Gasteiger partial charge in [0.05, 0.1) is 34.9 Å². The normalized spacial score (nSPS) is 15.6. The van der Waals surface area contributed by atoms with Gasteiger partial charge in [-0.1, -0.05) is 6.92 Å². The molecular weight excluding hydrogens is 444 g/mol. The second-order valence-electron chi connectivity index (χ2n) is 7.21. The molecule has 2 heterocycles. The zero-order valence-corrected chi connectivity index (χ0v) is 18.7. The van der Waals surface area contributed by atoms with Crippen LogP contribution in [0.15, 0.2) is 46.2 Å². The topological polar surface area (TPSA) is 64.4 Å². The molecule has 0 atom stereocenters. The third kappa shape index (κ3) is 4.62. The summed E-state index contributed by atoms with van der Waals surface area (Å²) in [4.78, 5) is 5.19. The molecule has 3 aromatic rings. The van der Waals surface area contributed by atoms with Gasteiger partial charge in [-0.2, -0.15) is 4.31 Å².